The SMILES string of the molecule is COc1cccc(CN(C)C(C)CC(=N)N)n1. The average Bonchev–Trinajstić information content (AvgIpc) is 2.28. The van der Waals surface area contributed by atoms with Crippen LogP contribution in [0, 0.1) is 5.41 Å². The van der Waals surface area contributed by atoms with Crippen LogP contribution in [-0.2, 0) is 6.54 Å². The molecular weight excluding hydrogens is 216 g/mol. The predicted molar refractivity (Wildman–Crippen MR) is 68.2 cm³/mol. The van der Waals surface area contributed by atoms with Crippen LogP contribution in [0.3, 0.4) is 0 Å². The Labute approximate surface area is 102 Å². The molecule has 0 aliphatic heterocycles. The van der Waals surface area contributed by atoms with E-state index in [9.17, 15) is 0 Å². The van der Waals surface area contributed by atoms with Crippen molar-refractivity contribution in [1.29, 1.82) is 5.41 Å². The van der Waals surface area contributed by atoms with Crippen LogP contribution in [0.15, 0.2) is 18.2 Å². The summed E-state index contributed by atoms with van der Waals surface area (Å²) in [5.74, 6) is 0.832. The van der Waals surface area contributed by atoms with E-state index in [2.05, 4.69) is 9.88 Å². The zero-order valence-electron chi connectivity index (χ0n) is 10.6. The highest BCUT2D eigenvalue weighted by Crippen LogP contribution is 2.10. The van der Waals surface area contributed by atoms with E-state index in [1.165, 1.54) is 0 Å². The van der Waals surface area contributed by atoms with Crippen molar-refractivity contribution in [3.05, 3.63) is 23.9 Å². The van der Waals surface area contributed by atoms with Crippen LogP contribution >= 0.6 is 0 Å². The van der Waals surface area contributed by atoms with Gasteiger partial charge in [0.25, 0.3) is 0 Å². The van der Waals surface area contributed by atoms with E-state index in [0.717, 1.165) is 5.69 Å². The Morgan fingerprint density at radius 2 is 2.29 bits per heavy atom. The van der Waals surface area contributed by atoms with Crippen LogP contribution in [0.4, 0.5) is 0 Å². The van der Waals surface area contributed by atoms with Gasteiger partial charge in [-0.1, -0.05) is 6.07 Å². The highest BCUT2D eigenvalue weighted by atomic mass is 16.5. The fourth-order valence-electron chi connectivity index (χ4n) is 1.54. The third kappa shape index (κ3) is 4.40. The van der Waals surface area contributed by atoms with Crippen molar-refractivity contribution in [1.82, 2.24) is 9.88 Å². The molecule has 0 saturated heterocycles. The molecular formula is C12H20N4O. The summed E-state index contributed by atoms with van der Waals surface area (Å²) >= 11 is 0. The van der Waals surface area contributed by atoms with Crippen molar-refractivity contribution in [2.24, 2.45) is 5.73 Å². The van der Waals surface area contributed by atoms with Gasteiger partial charge in [0, 0.05) is 25.1 Å². The molecule has 17 heavy (non-hydrogen) atoms. The number of nitrogens with two attached hydrogens (primary N) is 1. The molecule has 94 valence electrons. The van der Waals surface area contributed by atoms with Crippen molar-refractivity contribution in [3.8, 4) is 5.88 Å². The number of pyridine rings is 1. The van der Waals surface area contributed by atoms with E-state index in [4.69, 9.17) is 15.9 Å². The number of methoxy groups -OCH3 is 1. The molecule has 1 unspecified atom stereocenters. The molecule has 1 aromatic heterocycles. The maximum atomic E-state index is 7.28. The first-order valence-corrected chi connectivity index (χ1v) is 5.56. The van der Waals surface area contributed by atoms with Gasteiger partial charge in [0.15, 0.2) is 0 Å². The molecule has 0 radical (unpaired) electrons. The second kappa shape index (κ2) is 6.20. The van der Waals surface area contributed by atoms with E-state index in [1.807, 2.05) is 32.2 Å². The second-order valence-electron chi connectivity index (χ2n) is 4.16. The van der Waals surface area contributed by atoms with Gasteiger partial charge in [-0.05, 0) is 20.0 Å². The number of hydrogen-bond donors (Lipinski definition) is 2. The Morgan fingerprint density at radius 3 is 2.88 bits per heavy atom. The number of ether oxygens (including phenoxy) is 1. The van der Waals surface area contributed by atoms with Crippen molar-refractivity contribution in [2.75, 3.05) is 14.2 Å². The molecule has 0 aliphatic carbocycles. The Kier molecular flexibility index (Phi) is 4.90. The summed E-state index contributed by atoms with van der Waals surface area (Å²) < 4.78 is 5.08. The van der Waals surface area contributed by atoms with Gasteiger partial charge in [-0.15, -0.1) is 0 Å². The number of nitrogens with zero attached hydrogens (tertiary/aromatic N) is 2. The summed E-state index contributed by atoms with van der Waals surface area (Å²) in [4.78, 5) is 6.46. The molecule has 5 heteroatoms. The summed E-state index contributed by atoms with van der Waals surface area (Å²) in [6.07, 6.45) is 0.570. The van der Waals surface area contributed by atoms with Crippen LogP contribution in [0.2, 0.25) is 0 Å². The van der Waals surface area contributed by atoms with Crippen molar-refractivity contribution >= 4 is 5.84 Å². The predicted octanol–water partition coefficient (Wildman–Crippen LogP) is 1.24. The zero-order chi connectivity index (χ0) is 12.8. The molecule has 0 fully saturated rings. The van der Waals surface area contributed by atoms with Gasteiger partial charge in [-0.2, -0.15) is 0 Å². The lowest BCUT2D eigenvalue weighted by Crippen LogP contribution is -2.32. The van der Waals surface area contributed by atoms with E-state index in [0.29, 0.717) is 18.8 Å². The minimum absolute atomic E-state index is 0.211. The number of rotatable bonds is 6. The van der Waals surface area contributed by atoms with Gasteiger partial charge < -0.3 is 10.5 Å². The monoisotopic (exact) mass is 236 g/mol. The molecule has 0 bridgehead atoms. The Bertz CT molecular complexity index is 381. The van der Waals surface area contributed by atoms with Crippen LogP contribution in [0.1, 0.15) is 19.0 Å². The number of nitrogens with one attached hydrogen (secondary N) is 1. The van der Waals surface area contributed by atoms with Gasteiger partial charge in [0.1, 0.15) is 0 Å². The first-order valence-electron chi connectivity index (χ1n) is 5.56. The summed E-state index contributed by atoms with van der Waals surface area (Å²) in [5.41, 5.74) is 6.34. The van der Waals surface area contributed by atoms with Crippen molar-refractivity contribution in [2.45, 2.75) is 25.9 Å². The van der Waals surface area contributed by atoms with E-state index >= 15 is 0 Å². The van der Waals surface area contributed by atoms with Gasteiger partial charge >= 0.3 is 0 Å². The molecule has 0 saturated carbocycles. The number of aromatic nitrogens is 1. The molecule has 1 atom stereocenters. The van der Waals surface area contributed by atoms with Crippen LogP contribution in [0.25, 0.3) is 0 Å². The normalized spacial score (nSPS) is 12.5. The van der Waals surface area contributed by atoms with Crippen LogP contribution in [0.5, 0.6) is 5.88 Å². The lowest BCUT2D eigenvalue weighted by atomic mass is 10.2. The minimum atomic E-state index is 0.211. The van der Waals surface area contributed by atoms with Gasteiger partial charge in [0.2, 0.25) is 5.88 Å². The standard InChI is InChI=1S/C12H20N4O/c1-9(7-11(13)14)16(2)8-10-5-4-6-12(15-10)17-3/h4-6,9H,7-8H2,1-3H3,(H3,13,14). The third-order valence-electron chi connectivity index (χ3n) is 2.67. The lowest BCUT2D eigenvalue weighted by molar-refractivity contribution is 0.250. The maximum absolute atomic E-state index is 7.28. The third-order valence-corrected chi connectivity index (χ3v) is 2.67. The Morgan fingerprint density at radius 1 is 1.59 bits per heavy atom. The molecule has 0 amide bonds. The fourth-order valence-corrected chi connectivity index (χ4v) is 1.54. The van der Waals surface area contributed by atoms with Gasteiger partial charge in [-0.25, -0.2) is 4.98 Å². The summed E-state index contributed by atoms with van der Waals surface area (Å²) in [5, 5.41) is 7.28. The average molecular weight is 236 g/mol. The molecule has 5 nitrogen and oxygen atoms in total. The molecule has 0 aliphatic rings. The van der Waals surface area contributed by atoms with E-state index < -0.39 is 0 Å². The topological polar surface area (TPSA) is 75.2 Å². The molecule has 1 heterocycles. The van der Waals surface area contributed by atoms with Crippen molar-refractivity contribution < 1.29 is 4.74 Å². The molecule has 0 aromatic carbocycles. The minimum Gasteiger partial charge on any atom is -0.481 e. The summed E-state index contributed by atoms with van der Waals surface area (Å²) in [6.45, 7) is 2.76. The highest BCUT2D eigenvalue weighted by molar-refractivity contribution is 5.77. The Hall–Kier alpha value is -1.62. The van der Waals surface area contributed by atoms with Gasteiger partial charge in [-0.3, -0.25) is 10.3 Å². The van der Waals surface area contributed by atoms with E-state index in [1.54, 1.807) is 7.11 Å². The van der Waals surface area contributed by atoms with Crippen LogP contribution < -0.4 is 10.5 Å². The van der Waals surface area contributed by atoms with Crippen LogP contribution in [-0.4, -0.2) is 35.9 Å². The number of amidine groups is 1. The first kappa shape index (κ1) is 13.4. The smallest absolute Gasteiger partial charge is 0.213 e. The molecule has 0 spiro atoms. The largest absolute Gasteiger partial charge is 0.481 e. The molecule has 3 N–H and O–H groups in total. The lowest BCUT2D eigenvalue weighted by Gasteiger charge is -2.23. The molecule has 1 aromatic rings. The van der Waals surface area contributed by atoms with Crippen molar-refractivity contribution in [3.63, 3.8) is 0 Å². The van der Waals surface area contributed by atoms with E-state index in [-0.39, 0.29) is 11.9 Å². The second-order valence-corrected chi connectivity index (χ2v) is 4.16. The highest BCUT2D eigenvalue weighted by Gasteiger charge is 2.11. The number of hydrogen-bond acceptors (Lipinski definition) is 4. The summed E-state index contributed by atoms with van der Waals surface area (Å²) in [6, 6.07) is 5.92. The summed E-state index contributed by atoms with van der Waals surface area (Å²) in [7, 11) is 3.60. The maximum Gasteiger partial charge on any atom is 0.213 e. The zero-order valence-corrected chi connectivity index (χ0v) is 10.6. The molecule has 1 rings (SSSR count). The van der Waals surface area contributed by atoms with Gasteiger partial charge in [0.05, 0.1) is 18.6 Å². The Balaban J connectivity index is 2.60. The quantitative estimate of drug-likeness (QED) is 0.575. The fraction of sp³-hybridized carbons (Fsp3) is 0.500. The first-order chi connectivity index (χ1) is 8.02.